The van der Waals surface area contributed by atoms with Crippen molar-refractivity contribution in [2.75, 3.05) is 60.4 Å². The lowest BCUT2D eigenvalue weighted by atomic mass is 10.0. The Balaban J connectivity index is 0.921. The fraction of sp³-hybridized carbons (Fsp3) is 0.282. The van der Waals surface area contributed by atoms with Crippen molar-refractivity contribution in [3.05, 3.63) is 101 Å². The van der Waals surface area contributed by atoms with Crippen LogP contribution in [0.4, 0.5) is 23.0 Å². The Bertz CT molecular complexity index is 2150. The first-order valence-corrected chi connectivity index (χ1v) is 17.9. The zero-order valence-electron chi connectivity index (χ0n) is 30.0. The summed E-state index contributed by atoms with van der Waals surface area (Å²) in [4.78, 5) is 75.5. The molecule has 55 heavy (non-hydrogen) atoms. The fourth-order valence-electron chi connectivity index (χ4n) is 6.47. The molecule has 16 heteroatoms. The highest BCUT2D eigenvalue weighted by atomic mass is 16.5. The summed E-state index contributed by atoms with van der Waals surface area (Å²) >= 11 is 0. The number of hydrogen-bond acceptors (Lipinski definition) is 13. The normalized spacial score (nSPS) is 16.9. The molecule has 4 aromatic rings. The Kier molecular flexibility index (Phi) is 11.0. The third-order valence-corrected chi connectivity index (χ3v) is 9.23. The van der Waals surface area contributed by atoms with E-state index in [4.69, 9.17) is 9.47 Å². The number of imide groups is 2. The Labute approximate surface area is 316 Å². The maximum absolute atomic E-state index is 13.3. The van der Waals surface area contributed by atoms with Crippen molar-refractivity contribution in [3.63, 3.8) is 0 Å². The molecule has 16 nitrogen and oxygen atoms in total. The van der Waals surface area contributed by atoms with Crippen LogP contribution < -0.4 is 31.0 Å². The number of aromatic nitrogens is 2. The van der Waals surface area contributed by atoms with Gasteiger partial charge in [-0.05, 0) is 48.7 Å². The average molecular weight is 746 g/mol. The zero-order valence-corrected chi connectivity index (χ0v) is 30.0. The van der Waals surface area contributed by atoms with Crippen LogP contribution in [0, 0.1) is 6.92 Å². The van der Waals surface area contributed by atoms with E-state index in [1.54, 1.807) is 30.5 Å². The van der Waals surface area contributed by atoms with Gasteiger partial charge in [-0.2, -0.15) is 15.1 Å². The van der Waals surface area contributed by atoms with Crippen LogP contribution in [0.2, 0.25) is 0 Å². The molecule has 2 saturated heterocycles. The summed E-state index contributed by atoms with van der Waals surface area (Å²) in [6.45, 7) is 4.74. The number of amides is 5. The lowest BCUT2D eigenvalue weighted by Crippen LogP contribution is -2.54. The largest absolute Gasteiger partial charge is 0.463 e. The number of fused-ring (bicyclic) bond motifs is 1. The highest BCUT2D eigenvalue weighted by Gasteiger charge is 2.45. The Morgan fingerprint density at radius 3 is 2.58 bits per heavy atom. The average Bonchev–Trinajstić information content (AvgIpc) is 3.44. The Morgan fingerprint density at radius 2 is 1.80 bits per heavy atom. The van der Waals surface area contributed by atoms with Crippen molar-refractivity contribution in [1.82, 2.24) is 20.2 Å². The van der Waals surface area contributed by atoms with Crippen molar-refractivity contribution < 1.29 is 33.4 Å². The quantitative estimate of drug-likeness (QED) is 0.0888. The van der Waals surface area contributed by atoms with Gasteiger partial charge in [0.25, 0.3) is 11.8 Å². The molecular weight excluding hydrogens is 706 g/mol. The number of hydrazone groups is 1. The molecule has 1 unspecified atom stereocenters. The zero-order chi connectivity index (χ0) is 38.3. The van der Waals surface area contributed by atoms with E-state index in [0.717, 1.165) is 21.6 Å². The lowest BCUT2D eigenvalue weighted by Gasteiger charge is -2.28. The molecule has 0 saturated carbocycles. The van der Waals surface area contributed by atoms with Crippen LogP contribution in [-0.2, 0) is 25.5 Å². The highest BCUT2D eigenvalue weighted by molar-refractivity contribution is 6.25. The molecule has 3 aliphatic rings. The summed E-state index contributed by atoms with van der Waals surface area (Å²) in [5.74, 6) is -1.59. The molecule has 0 bridgehead atoms. The minimum absolute atomic E-state index is 0.0218. The molecule has 0 spiro atoms. The predicted octanol–water partition coefficient (Wildman–Crippen LogP) is 3.14. The molecule has 2 fully saturated rings. The van der Waals surface area contributed by atoms with E-state index < -0.39 is 29.7 Å². The maximum Gasteiger partial charge on any atom is 0.320 e. The summed E-state index contributed by atoms with van der Waals surface area (Å²) in [5, 5.41) is 12.3. The first-order valence-electron chi connectivity index (χ1n) is 17.9. The van der Waals surface area contributed by atoms with Gasteiger partial charge < -0.3 is 25.0 Å². The topological polar surface area (TPSA) is 197 Å². The van der Waals surface area contributed by atoms with E-state index in [1.165, 1.54) is 6.07 Å². The van der Waals surface area contributed by atoms with Crippen LogP contribution in [0.25, 0.3) is 0 Å². The fourth-order valence-corrected chi connectivity index (χ4v) is 6.47. The minimum Gasteiger partial charge on any atom is -0.463 e. The summed E-state index contributed by atoms with van der Waals surface area (Å²) in [6, 6.07) is 20.9. The predicted molar refractivity (Wildman–Crippen MR) is 203 cm³/mol. The number of nitrogens with zero attached hydrogens (tertiary/aromatic N) is 5. The summed E-state index contributed by atoms with van der Waals surface area (Å²) < 4.78 is 11.5. The SMILES string of the molecule is Cc1cccc(/C=N/Nc2cc(N3CCOCC3)nc(OCCc3ccc(NC(=O)CNc4cccc5c4C(=O)N(C4CCC(=O)NC4=O)C5=O)cc3)n2)c1. The Hall–Kier alpha value is -6.68. The number of ether oxygens (including phenoxy) is 2. The van der Waals surface area contributed by atoms with Crippen molar-refractivity contribution in [2.45, 2.75) is 32.2 Å². The maximum atomic E-state index is 13.3. The number of aryl methyl sites for hydroxylation is 1. The van der Waals surface area contributed by atoms with Crippen molar-refractivity contribution in [2.24, 2.45) is 5.10 Å². The number of morpholine rings is 1. The second-order valence-corrected chi connectivity index (χ2v) is 13.1. The van der Waals surface area contributed by atoms with E-state index in [0.29, 0.717) is 56.7 Å². The molecule has 282 valence electrons. The van der Waals surface area contributed by atoms with E-state index in [1.807, 2.05) is 49.4 Å². The third kappa shape index (κ3) is 8.76. The lowest BCUT2D eigenvalue weighted by molar-refractivity contribution is -0.136. The molecule has 0 aliphatic carbocycles. The van der Waals surface area contributed by atoms with Crippen LogP contribution >= 0.6 is 0 Å². The van der Waals surface area contributed by atoms with E-state index in [2.05, 4.69) is 41.3 Å². The van der Waals surface area contributed by atoms with Gasteiger partial charge in [0.1, 0.15) is 11.9 Å². The summed E-state index contributed by atoms with van der Waals surface area (Å²) in [6.07, 6.45) is 2.35. The van der Waals surface area contributed by atoms with Gasteiger partial charge in [-0.25, -0.2) is 0 Å². The van der Waals surface area contributed by atoms with Crippen LogP contribution in [0.5, 0.6) is 6.01 Å². The molecule has 4 N–H and O–H groups in total. The van der Waals surface area contributed by atoms with E-state index in [9.17, 15) is 24.0 Å². The van der Waals surface area contributed by atoms with Crippen LogP contribution in [0.1, 0.15) is 50.2 Å². The van der Waals surface area contributed by atoms with Gasteiger partial charge in [-0.1, -0.05) is 48.0 Å². The van der Waals surface area contributed by atoms with Crippen molar-refractivity contribution in [1.29, 1.82) is 0 Å². The molecular formula is C39H39N9O7. The van der Waals surface area contributed by atoms with Gasteiger partial charge in [0.2, 0.25) is 17.7 Å². The second-order valence-electron chi connectivity index (χ2n) is 13.1. The van der Waals surface area contributed by atoms with Gasteiger partial charge in [0.05, 0.1) is 43.7 Å². The third-order valence-electron chi connectivity index (χ3n) is 9.23. The van der Waals surface area contributed by atoms with E-state index in [-0.39, 0.29) is 48.1 Å². The van der Waals surface area contributed by atoms with Crippen molar-refractivity contribution in [3.8, 4) is 6.01 Å². The van der Waals surface area contributed by atoms with Gasteiger partial charge in [-0.15, -0.1) is 0 Å². The number of benzene rings is 3. The number of rotatable bonds is 13. The number of piperidine rings is 1. The van der Waals surface area contributed by atoms with Crippen molar-refractivity contribution >= 4 is 58.8 Å². The minimum atomic E-state index is -1.08. The summed E-state index contributed by atoms with van der Waals surface area (Å²) in [7, 11) is 0. The van der Waals surface area contributed by atoms with Gasteiger partial charge >= 0.3 is 6.01 Å². The molecule has 5 amide bonds. The molecule has 3 aliphatic heterocycles. The number of carbonyl (C=O) groups excluding carboxylic acids is 5. The molecule has 1 aromatic heterocycles. The molecule has 1 atom stereocenters. The number of nitrogens with one attached hydrogen (secondary N) is 4. The first kappa shape index (κ1) is 36.7. The first-order chi connectivity index (χ1) is 26.7. The van der Waals surface area contributed by atoms with Crippen LogP contribution in [0.3, 0.4) is 0 Å². The highest BCUT2D eigenvalue weighted by Crippen LogP contribution is 2.32. The van der Waals surface area contributed by atoms with E-state index >= 15 is 0 Å². The number of carbonyl (C=O) groups is 5. The monoisotopic (exact) mass is 745 g/mol. The van der Waals surface area contributed by atoms with Gasteiger partial charge in [0, 0.05) is 43.4 Å². The second kappa shape index (κ2) is 16.6. The van der Waals surface area contributed by atoms with Gasteiger partial charge in [-0.3, -0.25) is 39.6 Å². The molecule has 3 aromatic carbocycles. The molecule has 7 rings (SSSR count). The van der Waals surface area contributed by atoms with Crippen LogP contribution in [-0.4, -0.2) is 96.1 Å². The molecule has 4 heterocycles. The number of hydrogen-bond donors (Lipinski definition) is 4. The van der Waals surface area contributed by atoms with Gasteiger partial charge in [0.15, 0.2) is 5.82 Å². The smallest absolute Gasteiger partial charge is 0.320 e. The Morgan fingerprint density at radius 1 is 1.00 bits per heavy atom. The standard InChI is InChI=1S/C39H39N9O7/c1-24-4-2-5-26(20-24)22-41-46-31-21-32(47-15-18-54-19-16-47)44-39(43-31)55-17-14-25-8-10-27(11-9-25)42-34(50)23-40-29-7-3-6-28-35(29)38(53)48(37(28)52)30-12-13-33(49)45-36(30)51/h2-11,20-22,30,40H,12-19,23H2,1H3,(H,42,50)(H,43,44,46)(H,45,49,51)/b41-22+. The molecule has 0 radical (unpaired) electrons. The number of anilines is 4. The van der Waals surface area contributed by atoms with Crippen LogP contribution in [0.15, 0.2) is 77.9 Å². The summed E-state index contributed by atoms with van der Waals surface area (Å²) in [5.41, 5.74) is 7.11.